The average Bonchev–Trinajstić information content (AvgIpc) is 2.78. The quantitative estimate of drug-likeness (QED) is 0.677. The fraction of sp³-hybridized carbons (Fsp3) is 0.0625. The second-order valence-electron chi connectivity index (χ2n) is 4.53. The lowest BCUT2D eigenvalue weighted by atomic mass is 10.2. The number of halogens is 2. The van der Waals surface area contributed by atoms with Crippen LogP contribution in [0.25, 0.3) is 22.4 Å². The molecule has 20 heavy (non-hydrogen) atoms. The summed E-state index contributed by atoms with van der Waals surface area (Å²) in [5, 5.41) is 0. The third-order valence-electron chi connectivity index (χ3n) is 3.09. The van der Waals surface area contributed by atoms with Crippen LogP contribution in [0, 0.1) is 5.82 Å². The summed E-state index contributed by atoms with van der Waals surface area (Å²) in [5.74, 6) is 0.563. The van der Waals surface area contributed by atoms with Gasteiger partial charge in [-0.25, -0.2) is 9.37 Å². The predicted octanol–water partition coefficient (Wildman–Crippen LogP) is 4.75. The van der Waals surface area contributed by atoms with Gasteiger partial charge >= 0.3 is 0 Å². The largest absolute Gasteiger partial charge is 0.319 e. The molecule has 2 aromatic carbocycles. The van der Waals surface area contributed by atoms with Crippen LogP contribution in [0.1, 0.15) is 0 Å². The molecule has 0 N–H and O–H groups in total. The summed E-state index contributed by atoms with van der Waals surface area (Å²) in [6, 6.07) is 14.3. The van der Waals surface area contributed by atoms with Crippen LogP contribution in [-0.2, 0) is 6.54 Å². The van der Waals surface area contributed by atoms with Crippen LogP contribution in [0.4, 0.5) is 4.39 Å². The molecule has 4 heteroatoms. The van der Waals surface area contributed by atoms with Gasteiger partial charge in [0.15, 0.2) is 0 Å². The molecule has 0 spiro atoms. The molecule has 0 unspecified atom stereocenters. The molecule has 0 aliphatic rings. The summed E-state index contributed by atoms with van der Waals surface area (Å²) in [5.41, 5.74) is 2.84. The summed E-state index contributed by atoms with van der Waals surface area (Å²) in [7, 11) is 0. The molecule has 100 valence electrons. The van der Waals surface area contributed by atoms with Gasteiger partial charge in [0.25, 0.3) is 0 Å². The SMILES string of the molecule is C=C(Br)Cn1c(-c2ccc(F)cc2)nc2ccccc21. The monoisotopic (exact) mass is 330 g/mol. The van der Waals surface area contributed by atoms with Gasteiger partial charge in [-0.05, 0) is 36.4 Å². The second-order valence-corrected chi connectivity index (χ2v) is 5.66. The van der Waals surface area contributed by atoms with Gasteiger partial charge in [0.1, 0.15) is 11.6 Å². The van der Waals surface area contributed by atoms with Crippen molar-refractivity contribution in [2.45, 2.75) is 6.54 Å². The van der Waals surface area contributed by atoms with Crippen LogP contribution in [0.5, 0.6) is 0 Å². The Morgan fingerprint density at radius 2 is 1.85 bits per heavy atom. The standard InChI is InChI=1S/C16H12BrFN2/c1-11(17)10-20-15-5-3-2-4-14(15)19-16(20)12-6-8-13(18)9-7-12/h2-9H,1,10H2. The van der Waals surface area contributed by atoms with E-state index in [0.29, 0.717) is 6.54 Å². The van der Waals surface area contributed by atoms with Crippen LogP contribution in [0.2, 0.25) is 0 Å². The van der Waals surface area contributed by atoms with Crippen molar-refractivity contribution >= 4 is 27.0 Å². The summed E-state index contributed by atoms with van der Waals surface area (Å²) < 4.78 is 16.0. The minimum Gasteiger partial charge on any atom is -0.319 e. The third-order valence-corrected chi connectivity index (χ3v) is 3.34. The molecule has 1 heterocycles. The van der Waals surface area contributed by atoms with Crippen molar-refractivity contribution in [3.05, 3.63) is 65.4 Å². The molecule has 0 saturated carbocycles. The summed E-state index contributed by atoms with van der Waals surface area (Å²) in [6.45, 7) is 4.51. The predicted molar refractivity (Wildman–Crippen MR) is 83.2 cm³/mol. The maximum Gasteiger partial charge on any atom is 0.141 e. The van der Waals surface area contributed by atoms with Crippen molar-refractivity contribution in [1.29, 1.82) is 0 Å². The number of para-hydroxylation sites is 2. The lowest BCUT2D eigenvalue weighted by molar-refractivity contribution is 0.628. The molecule has 2 nitrogen and oxygen atoms in total. The van der Waals surface area contributed by atoms with Crippen LogP contribution in [-0.4, -0.2) is 9.55 Å². The lowest BCUT2D eigenvalue weighted by Crippen LogP contribution is -2.00. The van der Waals surface area contributed by atoms with Gasteiger partial charge in [0, 0.05) is 10.0 Å². The molecule has 0 fully saturated rings. The lowest BCUT2D eigenvalue weighted by Gasteiger charge is -2.08. The van der Waals surface area contributed by atoms with E-state index >= 15 is 0 Å². The van der Waals surface area contributed by atoms with E-state index in [1.165, 1.54) is 12.1 Å². The molecule has 0 bridgehead atoms. The summed E-state index contributed by atoms with van der Waals surface area (Å²) in [6.07, 6.45) is 0. The maximum absolute atomic E-state index is 13.1. The second kappa shape index (κ2) is 5.21. The van der Waals surface area contributed by atoms with Gasteiger partial charge in [0.05, 0.1) is 17.6 Å². The van der Waals surface area contributed by atoms with Gasteiger partial charge in [-0.2, -0.15) is 0 Å². The fourth-order valence-electron chi connectivity index (χ4n) is 2.23. The minimum atomic E-state index is -0.249. The van der Waals surface area contributed by atoms with Gasteiger partial charge < -0.3 is 4.57 Å². The molecular formula is C16H12BrFN2. The average molecular weight is 331 g/mol. The molecular weight excluding hydrogens is 319 g/mol. The third kappa shape index (κ3) is 2.39. The van der Waals surface area contributed by atoms with Crippen molar-refractivity contribution in [1.82, 2.24) is 9.55 Å². The molecule has 0 atom stereocenters. The zero-order valence-electron chi connectivity index (χ0n) is 10.7. The first-order valence-electron chi connectivity index (χ1n) is 6.19. The van der Waals surface area contributed by atoms with Crippen molar-refractivity contribution in [3.63, 3.8) is 0 Å². The van der Waals surface area contributed by atoms with Gasteiger partial charge in [-0.3, -0.25) is 0 Å². The Hall–Kier alpha value is -1.94. The first-order chi connectivity index (χ1) is 9.65. The number of imidazole rings is 1. The molecule has 3 aromatic rings. The van der Waals surface area contributed by atoms with Gasteiger partial charge in [-0.15, -0.1) is 0 Å². The minimum absolute atomic E-state index is 0.249. The van der Waals surface area contributed by atoms with Crippen molar-refractivity contribution < 1.29 is 4.39 Å². The number of benzene rings is 2. The summed E-state index contributed by atoms with van der Waals surface area (Å²) in [4.78, 5) is 4.64. The highest BCUT2D eigenvalue weighted by Crippen LogP contribution is 2.26. The van der Waals surface area contributed by atoms with E-state index in [9.17, 15) is 4.39 Å². The van der Waals surface area contributed by atoms with Gasteiger partial charge in [0.2, 0.25) is 0 Å². The highest BCUT2D eigenvalue weighted by Gasteiger charge is 2.12. The Morgan fingerprint density at radius 1 is 1.15 bits per heavy atom. The molecule has 0 aliphatic carbocycles. The van der Waals surface area contributed by atoms with Crippen molar-refractivity contribution in [2.75, 3.05) is 0 Å². The normalized spacial score (nSPS) is 10.9. The van der Waals surface area contributed by atoms with E-state index in [1.54, 1.807) is 12.1 Å². The number of nitrogens with zero attached hydrogens (tertiary/aromatic N) is 2. The molecule has 0 radical (unpaired) electrons. The number of fused-ring (bicyclic) bond motifs is 1. The summed E-state index contributed by atoms with van der Waals surface area (Å²) >= 11 is 3.40. The number of rotatable bonds is 3. The fourth-order valence-corrected chi connectivity index (χ4v) is 2.48. The van der Waals surface area contributed by atoms with Crippen LogP contribution in [0.15, 0.2) is 59.6 Å². The Morgan fingerprint density at radius 3 is 2.55 bits per heavy atom. The topological polar surface area (TPSA) is 17.8 Å². The number of hydrogen-bond donors (Lipinski definition) is 0. The zero-order chi connectivity index (χ0) is 14.1. The Bertz CT molecular complexity index is 775. The van der Waals surface area contributed by atoms with E-state index in [2.05, 4.69) is 32.1 Å². The van der Waals surface area contributed by atoms with E-state index in [4.69, 9.17) is 0 Å². The molecule has 3 rings (SSSR count). The van der Waals surface area contributed by atoms with Crippen LogP contribution in [0.3, 0.4) is 0 Å². The molecule has 0 aliphatic heterocycles. The van der Waals surface area contributed by atoms with E-state index in [1.807, 2.05) is 24.3 Å². The molecule has 1 aromatic heterocycles. The molecule has 0 amide bonds. The van der Waals surface area contributed by atoms with Crippen molar-refractivity contribution in [3.8, 4) is 11.4 Å². The Labute approximate surface area is 124 Å². The van der Waals surface area contributed by atoms with Crippen LogP contribution >= 0.6 is 15.9 Å². The van der Waals surface area contributed by atoms with Gasteiger partial charge in [-0.1, -0.05) is 34.6 Å². The highest BCUT2D eigenvalue weighted by atomic mass is 79.9. The first kappa shape index (κ1) is 13.1. The molecule has 0 saturated heterocycles. The Kier molecular flexibility index (Phi) is 3.40. The Balaban J connectivity index is 2.23. The van der Waals surface area contributed by atoms with Crippen LogP contribution < -0.4 is 0 Å². The number of allylic oxidation sites excluding steroid dienone is 1. The first-order valence-corrected chi connectivity index (χ1v) is 6.99. The maximum atomic E-state index is 13.1. The van der Waals surface area contributed by atoms with E-state index < -0.39 is 0 Å². The van der Waals surface area contributed by atoms with Crippen molar-refractivity contribution in [2.24, 2.45) is 0 Å². The zero-order valence-corrected chi connectivity index (χ0v) is 12.3. The smallest absolute Gasteiger partial charge is 0.141 e. The van der Waals surface area contributed by atoms with E-state index in [0.717, 1.165) is 26.9 Å². The number of aromatic nitrogens is 2. The number of hydrogen-bond acceptors (Lipinski definition) is 1. The highest BCUT2D eigenvalue weighted by molar-refractivity contribution is 9.11. The van der Waals surface area contributed by atoms with E-state index in [-0.39, 0.29) is 5.82 Å².